The van der Waals surface area contributed by atoms with E-state index in [1.807, 2.05) is 4.90 Å². The fourth-order valence-corrected chi connectivity index (χ4v) is 4.99. The quantitative estimate of drug-likeness (QED) is 0.798. The molecule has 22 heavy (non-hydrogen) atoms. The van der Waals surface area contributed by atoms with E-state index >= 15 is 0 Å². The number of thiophene rings is 1. The second kappa shape index (κ2) is 4.98. The molecule has 3 aliphatic rings. The first-order valence-corrected chi connectivity index (χ1v) is 8.79. The molecule has 0 bridgehead atoms. The smallest absolute Gasteiger partial charge is 0.410 e. The number of carbonyl (C=O) groups is 2. The molecule has 2 amide bonds. The molecule has 0 N–H and O–H groups in total. The topological polar surface area (TPSA) is 49.9 Å². The van der Waals surface area contributed by atoms with Crippen molar-refractivity contribution in [2.75, 3.05) is 26.7 Å². The molecule has 3 heterocycles. The van der Waals surface area contributed by atoms with Crippen LogP contribution in [0.15, 0.2) is 5.38 Å². The lowest BCUT2D eigenvalue weighted by Gasteiger charge is -2.22. The number of carbonyl (C=O) groups excluding carboxylic acids is 2. The van der Waals surface area contributed by atoms with Crippen LogP contribution in [-0.4, -0.2) is 54.1 Å². The average Bonchev–Trinajstić information content (AvgIpc) is 3.17. The Hall–Kier alpha value is -1.56. The first-order chi connectivity index (χ1) is 10.6. The van der Waals surface area contributed by atoms with Gasteiger partial charge in [-0.25, -0.2) is 4.79 Å². The molecule has 2 fully saturated rings. The van der Waals surface area contributed by atoms with Gasteiger partial charge in [0.05, 0.1) is 18.0 Å². The summed E-state index contributed by atoms with van der Waals surface area (Å²) in [5.41, 5.74) is 2.14. The fraction of sp³-hybridized carbons (Fsp3) is 0.625. The molecule has 0 saturated carbocycles. The second-order valence-electron chi connectivity index (χ2n) is 6.66. The Labute approximate surface area is 133 Å². The van der Waals surface area contributed by atoms with Gasteiger partial charge in [0.25, 0.3) is 5.91 Å². The lowest BCUT2D eigenvalue weighted by molar-refractivity contribution is 0.0554. The number of aryl methyl sites for hydroxylation is 1. The minimum absolute atomic E-state index is 0.121. The number of hydrogen-bond donors (Lipinski definition) is 0. The van der Waals surface area contributed by atoms with Crippen LogP contribution in [-0.2, 0) is 17.6 Å². The molecule has 2 saturated heterocycles. The monoisotopic (exact) mass is 320 g/mol. The van der Waals surface area contributed by atoms with Crippen molar-refractivity contribution in [2.24, 2.45) is 0 Å². The van der Waals surface area contributed by atoms with Crippen LogP contribution in [0.5, 0.6) is 0 Å². The Kier molecular flexibility index (Phi) is 3.18. The van der Waals surface area contributed by atoms with Gasteiger partial charge in [0.15, 0.2) is 5.60 Å². The van der Waals surface area contributed by atoms with Gasteiger partial charge in [-0.3, -0.25) is 4.79 Å². The zero-order chi connectivity index (χ0) is 15.3. The van der Waals surface area contributed by atoms with Crippen molar-refractivity contribution in [1.29, 1.82) is 0 Å². The van der Waals surface area contributed by atoms with E-state index in [2.05, 4.69) is 5.38 Å². The van der Waals surface area contributed by atoms with Crippen molar-refractivity contribution in [2.45, 2.75) is 37.7 Å². The predicted octanol–water partition coefficient (Wildman–Crippen LogP) is 2.29. The summed E-state index contributed by atoms with van der Waals surface area (Å²) in [7, 11) is 1.75. The van der Waals surface area contributed by atoms with Crippen LogP contribution in [0.1, 0.15) is 40.1 Å². The number of ether oxygens (including phenoxy) is 1. The summed E-state index contributed by atoms with van der Waals surface area (Å²) in [4.78, 5) is 28.9. The molecule has 1 spiro atoms. The molecule has 1 aromatic heterocycles. The van der Waals surface area contributed by atoms with Gasteiger partial charge < -0.3 is 14.5 Å². The number of likely N-dealkylation sites (N-methyl/N-ethyl adjacent to an activating group) is 1. The van der Waals surface area contributed by atoms with Gasteiger partial charge in [-0.05, 0) is 42.2 Å². The highest BCUT2D eigenvalue weighted by Crippen LogP contribution is 2.35. The van der Waals surface area contributed by atoms with Gasteiger partial charge >= 0.3 is 6.09 Å². The first kappa shape index (κ1) is 14.1. The van der Waals surface area contributed by atoms with Gasteiger partial charge in [-0.15, -0.1) is 11.3 Å². The van der Waals surface area contributed by atoms with Crippen molar-refractivity contribution in [3.8, 4) is 0 Å². The SMILES string of the molecule is CN1C[C@]2(CCN(C(=O)c3scc4c3CCCC4)C2)OC1=O. The van der Waals surface area contributed by atoms with Crippen molar-refractivity contribution in [3.63, 3.8) is 0 Å². The standard InChI is InChI=1S/C16H20N2O3S/c1-17-9-16(21-15(17)20)6-7-18(10-16)14(19)13-12-5-3-2-4-11(12)8-22-13/h8H,2-7,9-10H2,1H3/t16-/m0/s1. The van der Waals surface area contributed by atoms with Gasteiger partial charge in [-0.1, -0.05) is 0 Å². The number of fused-ring (bicyclic) bond motifs is 1. The zero-order valence-electron chi connectivity index (χ0n) is 12.8. The summed E-state index contributed by atoms with van der Waals surface area (Å²) in [6.07, 6.45) is 5.00. The highest BCUT2D eigenvalue weighted by atomic mass is 32.1. The Balaban J connectivity index is 1.53. The summed E-state index contributed by atoms with van der Waals surface area (Å²) in [6.45, 7) is 1.78. The van der Waals surface area contributed by atoms with E-state index in [0.29, 0.717) is 19.6 Å². The zero-order valence-corrected chi connectivity index (χ0v) is 13.6. The maximum Gasteiger partial charge on any atom is 0.410 e. The van der Waals surface area contributed by atoms with Gasteiger partial charge in [0, 0.05) is 20.0 Å². The third-order valence-corrected chi connectivity index (χ3v) is 6.10. The molecule has 1 aromatic rings. The fourth-order valence-electron chi connectivity index (χ4n) is 3.86. The molecule has 118 valence electrons. The number of nitrogens with zero attached hydrogens (tertiary/aromatic N) is 2. The van der Waals surface area contributed by atoms with Crippen molar-refractivity contribution < 1.29 is 14.3 Å². The van der Waals surface area contributed by atoms with Crippen LogP contribution in [0.25, 0.3) is 0 Å². The number of amides is 2. The van der Waals surface area contributed by atoms with Crippen molar-refractivity contribution in [3.05, 3.63) is 21.4 Å². The van der Waals surface area contributed by atoms with E-state index in [-0.39, 0.29) is 12.0 Å². The molecule has 0 aromatic carbocycles. The third-order valence-electron chi connectivity index (χ3n) is 5.04. The average molecular weight is 320 g/mol. The molecule has 6 heteroatoms. The van der Waals surface area contributed by atoms with Gasteiger partial charge in [0.2, 0.25) is 0 Å². The molecule has 5 nitrogen and oxygen atoms in total. The van der Waals surface area contributed by atoms with Gasteiger partial charge in [0.1, 0.15) is 0 Å². The number of hydrogen-bond acceptors (Lipinski definition) is 4. The van der Waals surface area contributed by atoms with E-state index in [9.17, 15) is 9.59 Å². The Morgan fingerprint density at radius 2 is 2.14 bits per heavy atom. The normalized spacial score (nSPS) is 27.4. The maximum atomic E-state index is 12.9. The van der Waals surface area contributed by atoms with Crippen LogP contribution >= 0.6 is 11.3 Å². The Morgan fingerprint density at radius 1 is 1.32 bits per heavy atom. The van der Waals surface area contributed by atoms with E-state index in [0.717, 1.165) is 24.1 Å². The lowest BCUT2D eigenvalue weighted by Crippen LogP contribution is -2.39. The molecule has 1 atom stereocenters. The van der Waals surface area contributed by atoms with Crippen LogP contribution in [0.4, 0.5) is 4.79 Å². The van der Waals surface area contributed by atoms with Crippen LogP contribution in [0, 0.1) is 0 Å². The van der Waals surface area contributed by atoms with Crippen molar-refractivity contribution in [1.82, 2.24) is 9.80 Å². The maximum absolute atomic E-state index is 12.9. The second-order valence-corrected chi connectivity index (χ2v) is 7.54. The third kappa shape index (κ3) is 2.12. The molecular formula is C16H20N2O3S. The molecule has 1 aliphatic carbocycles. The predicted molar refractivity (Wildman–Crippen MR) is 83.3 cm³/mol. The van der Waals surface area contributed by atoms with Crippen LogP contribution in [0.3, 0.4) is 0 Å². The van der Waals surface area contributed by atoms with Crippen LogP contribution in [0.2, 0.25) is 0 Å². The Morgan fingerprint density at radius 3 is 2.91 bits per heavy atom. The van der Waals surface area contributed by atoms with E-state index in [1.54, 1.807) is 23.3 Å². The summed E-state index contributed by atoms with van der Waals surface area (Å²) in [5.74, 6) is 0.121. The lowest BCUT2D eigenvalue weighted by atomic mass is 9.93. The molecular weight excluding hydrogens is 300 g/mol. The molecule has 0 unspecified atom stereocenters. The highest BCUT2D eigenvalue weighted by Gasteiger charge is 2.49. The van der Waals surface area contributed by atoms with E-state index in [1.165, 1.54) is 24.0 Å². The molecule has 2 aliphatic heterocycles. The first-order valence-electron chi connectivity index (χ1n) is 7.91. The summed E-state index contributed by atoms with van der Waals surface area (Å²) in [5, 5.41) is 2.15. The number of rotatable bonds is 1. The summed E-state index contributed by atoms with van der Waals surface area (Å²) < 4.78 is 5.53. The number of likely N-dealkylation sites (tertiary alicyclic amines) is 1. The van der Waals surface area contributed by atoms with Gasteiger partial charge in [-0.2, -0.15) is 0 Å². The summed E-state index contributed by atoms with van der Waals surface area (Å²) in [6, 6.07) is 0. The summed E-state index contributed by atoms with van der Waals surface area (Å²) >= 11 is 1.58. The van der Waals surface area contributed by atoms with Crippen molar-refractivity contribution >= 4 is 23.3 Å². The Bertz CT molecular complexity index is 641. The highest BCUT2D eigenvalue weighted by molar-refractivity contribution is 7.12. The van der Waals surface area contributed by atoms with E-state index in [4.69, 9.17) is 4.74 Å². The minimum Gasteiger partial charge on any atom is -0.439 e. The molecule has 4 rings (SSSR count). The van der Waals surface area contributed by atoms with E-state index < -0.39 is 5.60 Å². The minimum atomic E-state index is -0.487. The molecule has 0 radical (unpaired) electrons. The largest absolute Gasteiger partial charge is 0.439 e. The van der Waals surface area contributed by atoms with Crippen LogP contribution < -0.4 is 0 Å².